The molecule has 10 heteroatoms. The smallest absolute Gasteiger partial charge is 0.340 e. The van der Waals surface area contributed by atoms with Crippen LogP contribution in [-0.2, 0) is 4.74 Å². The van der Waals surface area contributed by atoms with Gasteiger partial charge in [0.25, 0.3) is 5.91 Å². The molecular formula is C13H10N6O3S. The van der Waals surface area contributed by atoms with Gasteiger partial charge in [0.1, 0.15) is 17.7 Å². The Kier molecular flexibility index (Phi) is 4.06. The van der Waals surface area contributed by atoms with Gasteiger partial charge in [-0.05, 0) is 23.6 Å². The predicted octanol–water partition coefficient (Wildman–Crippen LogP) is 1.16. The molecular weight excluding hydrogens is 320 g/mol. The summed E-state index contributed by atoms with van der Waals surface area (Å²) in [7, 11) is 1.28. The number of nitrogens with one attached hydrogen (secondary N) is 1. The summed E-state index contributed by atoms with van der Waals surface area (Å²) in [4.78, 5) is 27.6. The lowest BCUT2D eigenvalue weighted by atomic mass is 10.3. The first kappa shape index (κ1) is 14.8. The van der Waals surface area contributed by atoms with E-state index in [0.717, 1.165) is 0 Å². The van der Waals surface area contributed by atoms with Gasteiger partial charge in [-0.3, -0.25) is 4.79 Å². The molecule has 0 atom stereocenters. The van der Waals surface area contributed by atoms with E-state index in [2.05, 4.69) is 30.3 Å². The molecule has 3 aromatic rings. The highest BCUT2D eigenvalue weighted by molar-refractivity contribution is 7.14. The Morgan fingerprint density at radius 3 is 2.78 bits per heavy atom. The summed E-state index contributed by atoms with van der Waals surface area (Å²) in [5, 5.41) is 16.4. The van der Waals surface area contributed by atoms with Crippen molar-refractivity contribution in [2.45, 2.75) is 0 Å². The van der Waals surface area contributed by atoms with Gasteiger partial charge in [-0.2, -0.15) is 5.10 Å². The van der Waals surface area contributed by atoms with E-state index in [-0.39, 0.29) is 11.3 Å². The molecule has 3 aromatic heterocycles. The summed E-state index contributed by atoms with van der Waals surface area (Å²) in [5.74, 6) is -0.560. The van der Waals surface area contributed by atoms with Crippen molar-refractivity contribution in [3.05, 3.63) is 47.5 Å². The van der Waals surface area contributed by atoms with Crippen LogP contribution in [0.25, 0.3) is 5.82 Å². The maximum Gasteiger partial charge on any atom is 0.340 e. The number of hydrogen-bond acceptors (Lipinski definition) is 8. The van der Waals surface area contributed by atoms with Crippen molar-refractivity contribution >= 4 is 28.2 Å². The number of methoxy groups -OCH3 is 1. The van der Waals surface area contributed by atoms with Crippen LogP contribution in [0.4, 0.5) is 5.00 Å². The standard InChI is InChI=1S/C13H10N6O3S/c1-22-13(21)8-4-5-23-12(8)16-11(20)9-2-3-10(18-17-9)19-7-14-6-15-19/h2-7H,1H3,(H,16,20). The summed E-state index contributed by atoms with van der Waals surface area (Å²) < 4.78 is 6.07. The maximum atomic E-state index is 12.2. The Hall–Kier alpha value is -3.14. The van der Waals surface area contributed by atoms with Crippen molar-refractivity contribution in [3.8, 4) is 5.82 Å². The van der Waals surface area contributed by atoms with E-state index in [1.807, 2.05) is 0 Å². The lowest BCUT2D eigenvalue weighted by molar-refractivity contribution is 0.0602. The highest BCUT2D eigenvalue weighted by atomic mass is 32.1. The molecule has 0 spiro atoms. The predicted molar refractivity (Wildman–Crippen MR) is 80.6 cm³/mol. The van der Waals surface area contributed by atoms with Crippen LogP contribution in [0.5, 0.6) is 0 Å². The highest BCUT2D eigenvalue weighted by Gasteiger charge is 2.17. The number of carbonyl (C=O) groups excluding carboxylic acids is 2. The first-order chi connectivity index (χ1) is 11.2. The number of esters is 1. The van der Waals surface area contributed by atoms with Gasteiger partial charge >= 0.3 is 5.97 Å². The van der Waals surface area contributed by atoms with Crippen LogP contribution in [0.3, 0.4) is 0 Å². The van der Waals surface area contributed by atoms with Gasteiger partial charge in [0.2, 0.25) is 0 Å². The van der Waals surface area contributed by atoms with Crippen molar-refractivity contribution in [2.75, 3.05) is 12.4 Å². The molecule has 0 bridgehead atoms. The molecule has 0 saturated heterocycles. The fraction of sp³-hybridized carbons (Fsp3) is 0.0769. The Morgan fingerprint density at radius 2 is 2.13 bits per heavy atom. The van der Waals surface area contributed by atoms with Crippen LogP contribution >= 0.6 is 11.3 Å². The monoisotopic (exact) mass is 330 g/mol. The molecule has 0 aliphatic heterocycles. The van der Waals surface area contributed by atoms with Gasteiger partial charge in [0.15, 0.2) is 11.5 Å². The van der Waals surface area contributed by atoms with Crippen molar-refractivity contribution in [1.29, 1.82) is 0 Å². The SMILES string of the molecule is COC(=O)c1ccsc1NC(=O)c1ccc(-n2cncn2)nn1. The largest absolute Gasteiger partial charge is 0.465 e. The molecule has 23 heavy (non-hydrogen) atoms. The van der Waals surface area contributed by atoms with Gasteiger partial charge in [-0.15, -0.1) is 21.5 Å². The molecule has 9 nitrogen and oxygen atoms in total. The number of aromatic nitrogens is 5. The summed E-state index contributed by atoms with van der Waals surface area (Å²) in [6, 6.07) is 4.67. The number of carbonyl (C=O) groups is 2. The molecule has 3 rings (SSSR count). The molecule has 0 aromatic carbocycles. The second-order valence-corrected chi connectivity index (χ2v) is 5.14. The molecule has 1 amide bonds. The van der Waals surface area contributed by atoms with E-state index < -0.39 is 11.9 Å². The molecule has 1 N–H and O–H groups in total. The topological polar surface area (TPSA) is 112 Å². The van der Waals surface area contributed by atoms with Gasteiger partial charge in [0, 0.05) is 0 Å². The number of anilines is 1. The number of nitrogens with zero attached hydrogens (tertiary/aromatic N) is 5. The number of rotatable bonds is 4. The van der Waals surface area contributed by atoms with Crippen LogP contribution in [0.15, 0.2) is 36.2 Å². The quantitative estimate of drug-likeness (QED) is 0.714. The summed E-state index contributed by atoms with van der Waals surface area (Å²) in [5.41, 5.74) is 0.399. The van der Waals surface area contributed by atoms with Crippen molar-refractivity contribution in [2.24, 2.45) is 0 Å². The number of amides is 1. The molecule has 3 heterocycles. The average molecular weight is 330 g/mol. The molecule has 0 fully saturated rings. The van der Waals surface area contributed by atoms with Crippen LogP contribution < -0.4 is 5.32 Å². The highest BCUT2D eigenvalue weighted by Crippen LogP contribution is 2.24. The third kappa shape index (κ3) is 3.06. The molecule has 0 saturated carbocycles. The number of thiophene rings is 1. The van der Waals surface area contributed by atoms with E-state index in [1.54, 1.807) is 17.5 Å². The van der Waals surface area contributed by atoms with Gasteiger partial charge in [0.05, 0.1) is 12.7 Å². The first-order valence-electron chi connectivity index (χ1n) is 6.35. The summed E-state index contributed by atoms with van der Waals surface area (Å²) >= 11 is 1.21. The van der Waals surface area contributed by atoms with Crippen LogP contribution in [0.1, 0.15) is 20.8 Å². The van der Waals surface area contributed by atoms with E-state index >= 15 is 0 Å². The third-order valence-electron chi connectivity index (χ3n) is 2.83. The third-order valence-corrected chi connectivity index (χ3v) is 3.66. The zero-order chi connectivity index (χ0) is 16.2. The Balaban J connectivity index is 1.76. The fourth-order valence-corrected chi connectivity index (χ4v) is 2.51. The average Bonchev–Trinajstić information content (AvgIpc) is 3.26. The number of hydrogen-bond donors (Lipinski definition) is 1. The van der Waals surface area contributed by atoms with Crippen LogP contribution in [0, 0.1) is 0 Å². The maximum absolute atomic E-state index is 12.2. The molecule has 0 aliphatic rings. The fourth-order valence-electron chi connectivity index (χ4n) is 1.74. The van der Waals surface area contributed by atoms with E-state index in [1.165, 1.54) is 41.8 Å². The minimum atomic E-state index is -0.519. The normalized spacial score (nSPS) is 10.3. The Bertz CT molecular complexity index is 828. The summed E-state index contributed by atoms with van der Waals surface area (Å²) in [6.07, 6.45) is 2.84. The second-order valence-electron chi connectivity index (χ2n) is 4.23. The number of ether oxygens (including phenoxy) is 1. The molecule has 0 unspecified atom stereocenters. The molecule has 116 valence electrons. The lowest BCUT2D eigenvalue weighted by Crippen LogP contribution is -2.16. The van der Waals surface area contributed by atoms with Crippen molar-refractivity contribution in [3.63, 3.8) is 0 Å². The van der Waals surface area contributed by atoms with Crippen molar-refractivity contribution in [1.82, 2.24) is 25.0 Å². The van der Waals surface area contributed by atoms with Crippen molar-refractivity contribution < 1.29 is 14.3 Å². The van der Waals surface area contributed by atoms with Gasteiger partial charge in [-0.1, -0.05) is 0 Å². The Morgan fingerprint density at radius 1 is 1.26 bits per heavy atom. The first-order valence-corrected chi connectivity index (χ1v) is 7.23. The van der Waals surface area contributed by atoms with E-state index in [0.29, 0.717) is 10.8 Å². The minimum Gasteiger partial charge on any atom is -0.465 e. The second kappa shape index (κ2) is 6.32. The summed E-state index contributed by atoms with van der Waals surface area (Å²) in [6.45, 7) is 0. The molecule has 0 aliphatic carbocycles. The zero-order valence-corrected chi connectivity index (χ0v) is 12.6. The Labute approximate surface area is 134 Å². The zero-order valence-electron chi connectivity index (χ0n) is 11.8. The molecule has 0 radical (unpaired) electrons. The lowest BCUT2D eigenvalue weighted by Gasteiger charge is -2.05. The van der Waals surface area contributed by atoms with E-state index in [9.17, 15) is 9.59 Å². The van der Waals surface area contributed by atoms with Crippen LogP contribution in [-0.4, -0.2) is 43.9 Å². The van der Waals surface area contributed by atoms with Gasteiger partial charge in [-0.25, -0.2) is 14.5 Å². The van der Waals surface area contributed by atoms with Gasteiger partial charge < -0.3 is 10.1 Å². The minimum absolute atomic E-state index is 0.109. The van der Waals surface area contributed by atoms with Crippen LogP contribution in [0.2, 0.25) is 0 Å². The van der Waals surface area contributed by atoms with E-state index in [4.69, 9.17) is 0 Å².